The Bertz CT molecular complexity index is 372. The lowest BCUT2D eigenvalue weighted by molar-refractivity contribution is -0.385. The minimum absolute atomic E-state index is 0.105. The molecule has 0 radical (unpaired) electrons. The minimum atomic E-state index is -0.598. The van der Waals surface area contributed by atoms with Gasteiger partial charge in [0.15, 0.2) is 5.78 Å². The van der Waals surface area contributed by atoms with Crippen LogP contribution >= 0.6 is 0 Å². The highest BCUT2D eigenvalue weighted by molar-refractivity contribution is 5.97. The predicted molar refractivity (Wildman–Crippen MR) is 49.5 cm³/mol. The summed E-state index contributed by atoms with van der Waals surface area (Å²) in [5.41, 5.74) is 0.276. The van der Waals surface area contributed by atoms with Gasteiger partial charge in [0, 0.05) is 5.56 Å². The van der Waals surface area contributed by atoms with E-state index in [0.29, 0.717) is 5.56 Å². The second-order valence-corrected chi connectivity index (χ2v) is 2.97. The van der Waals surface area contributed by atoms with Crippen LogP contribution in [0.4, 0.5) is 5.69 Å². The maximum absolute atomic E-state index is 11.0. The Balaban J connectivity index is 3.38. The van der Waals surface area contributed by atoms with E-state index in [-0.39, 0.29) is 22.8 Å². The van der Waals surface area contributed by atoms with Gasteiger partial charge in [0.05, 0.1) is 16.6 Å². The summed E-state index contributed by atoms with van der Waals surface area (Å²) in [5.74, 6) is -0.671. The molecule has 0 aliphatic heterocycles. The van der Waals surface area contributed by atoms with Gasteiger partial charge in [-0.1, -0.05) is 0 Å². The van der Waals surface area contributed by atoms with Gasteiger partial charge < -0.3 is 5.11 Å². The van der Waals surface area contributed by atoms with Gasteiger partial charge in [0.2, 0.25) is 0 Å². The molecule has 14 heavy (non-hydrogen) atoms. The first-order valence-corrected chi connectivity index (χ1v) is 3.92. The molecule has 0 saturated heterocycles. The SMILES string of the molecule is CC(=O)c1cc(C)c([N+](=O)[O-])cc1O. The highest BCUT2D eigenvalue weighted by Crippen LogP contribution is 2.27. The number of phenolic OH excluding ortho intramolecular Hbond substituents is 1. The number of aromatic hydroxyl groups is 1. The Hall–Kier alpha value is -1.91. The minimum Gasteiger partial charge on any atom is -0.507 e. The monoisotopic (exact) mass is 195 g/mol. The number of ketones is 1. The first-order chi connectivity index (χ1) is 6.43. The van der Waals surface area contributed by atoms with E-state index in [4.69, 9.17) is 0 Å². The molecule has 74 valence electrons. The van der Waals surface area contributed by atoms with E-state index in [1.807, 2.05) is 0 Å². The molecule has 0 heterocycles. The van der Waals surface area contributed by atoms with Gasteiger partial charge in [0.25, 0.3) is 5.69 Å². The fourth-order valence-corrected chi connectivity index (χ4v) is 1.16. The fourth-order valence-electron chi connectivity index (χ4n) is 1.16. The quantitative estimate of drug-likeness (QED) is 0.443. The zero-order chi connectivity index (χ0) is 10.9. The number of nitrogens with zero attached hydrogens (tertiary/aromatic N) is 1. The number of phenols is 1. The van der Waals surface area contributed by atoms with Crippen LogP contribution in [0.5, 0.6) is 5.75 Å². The summed E-state index contributed by atoms with van der Waals surface area (Å²) in [7, 11) is 0. The average Bonchev–Trinajstić information content (AvgIpc) is 2.07. The molecule has 5 nitrogen and oxygen atoms in total. The van der Waals surface area contributed by atoms with E-state index in [1.165, 1.54) is 19.9 Å². The molecular weight excluding hydrogens is 186 g/mol. The fraction of sp³-hybridized carbons (Fsp3) is 0.222. The number of aryl methyl sites for hydroxylation is 1. The van der Waals surface area contributed by atoms with Crippen molar-refractivity contribution in [3.63, 3.8) is 0 Å². The number of nitro groups is 1. The molecule has 0 amide bonds. The van der Waals surface area contributed by atoms with E-state index in [0.717, 1.165) is 6.07 Å². The summed E-state index contributed by atoms with van der Waals surface area (Å²) in [5, 5.41) is 19.8. The standard InChI is InChI=1S/C9H9NO4/c1-5-3-7(6(2)11)9(12)4-8(5)10(13)14/h3-4,12H,1-2H3. The highest BCUT2D eigenvalue weighted by Gasteiger charge is 2.16. The smallest absolute Gasteiger partial charge is 0.276 e. The van der Waals surface area contributed by atoms with Crippen molar-refractivity contribution in [3.8, 4) is 5.75 Å². The van der Waals surface area contributed by atoms with Crippen LogP contribution in [0, 0.1) is 17.0 Å². The molecule has 1 N–H and O–H groups in total. The van der Waals surface area contributed by atoms with Crippen molar-refractivity contribution >= 4 is 11.5 Å². The predicted octanol–water partition coefficient (Wildman–Crippen LogP) is 1.81. The Morgan fingerprint density at radius 2 is 2.07 bits per heavy atom. The Labute approximate surface area is 80.1 Å². The molecule has 0 saturated carbocycles. The number of rotatable bonds is 2. The van der Waals surface area contributed by atoms with Crippen LogP contribution in [-0.2, 0) is 0 Å². The first-order valence-electron chi connectivity index (χ1n) is 3.92. The summed E-state index contributed by atoms with van der Waals surface area (Å²) >= 11 is 0. The number of hydrogen-bond acceptors (Lipinski definition) is 4. The van der Waals surface area contributed by atoms with Crippen LogP contribution in [-0.4, -0.2) is 15.8 Å². The summed E-state index contributed by atoms with van der Waals surface area (Å²) in [6, 6.07) is 2.31. The van der Waals surface area contributed by atoms with Crippen molar-refractivity contribution in [2.24, 2.45) is 0 Å². The number of hydrogen-bond donors (Lipinski definition) is 1. The van der Waals surface area contributed by atoms with Crippen molar-refractivity contribution in [3.05, 3.63) is 33.4 Å². The number of benzene rings is 1. The van der Waals surface area contributed by atoms with Crippen molar-refractivity contribution in [2.75, 3.05) is 0 Å². The van der Waals surface area contributed by atoms with Crippen molar-refractivity contribution < 1.29 is 14.8 Å². The van der Waals surface area contributed by atoms with E-state index < -0.39 is 4.92 Å². The first kappa shape index (κ1) is 10.2. The third-order valence-electron chi connectivity index (χ3n) is 1.89. The lowest BCUT2D eigenvalue weighted by Crippen LogP contribution is -1.97. The summed E-state index contributed by atoms with van der Waals surface area (Å²) in [6.07, 6.45) is 0. The zero-order valence-electron chi connectivity index (χ0n) is 7.77. The number of carbonyl (C=O) groups is 1. The van der Waals surface area contributed by atoms with Gasteiger partial charge in [-0.25, -0.2) is 0 Å². The van der Waals surface area contributed by atoms with Crippen molar-refractivity contribution in [2.45, 2.75) is 13.8 Å². The van der Waals surface area contributed by atoms with Gasteiger partial charge in [-0.3, -0.25) is 14.9 Å². The third kappa shape index (κ3) is 1.71. The zero-order valence-corrected chi connectivity index (χ0v) is 7.77. The summed E-state index contributed by atoms with van der Waals surface area (Å²) < 4.78 is 0. The summed E-state index contributed by atoms with van der Waals surface area (Å²) in [4.78, 5) is 20.8. The van der Waals surface area contributed by atoms with Gasteiger partial charge in [0.1, 0.15) is 5.75 Å². The van der Waals surface area contributed by atoms with Crippen LogP contribution in [0.3, 0.4) is 0 Å². The van der Waals surface area contributed by atoms with Gasteiger partial charge >= 0.3 is 0 Å². The van der Waals surface area contributed by atoms with E-state index in [2.05, 4.69) is 0 Å². The highest BCUT2D eigenvalue weighted by atomic mass is 16.6. The van der Waals surface area contributed by atoms with E-state index in [9.17, 15) is 20.0 Å². The second kappa shape index (κ2) is 3.45. The van der Waals surface area contributed by atoms with Crippen LogP contribution in [0.25, 0.3) is 0 Å². The van der Waals surface area contributed by atoms with Gasteiger partial charge in [-0.15, -0.1) is 0 Å². The molecule has 0 aromatic heterocycles. The number of Topliss-reactive ketones (excluding diaryl/α,β-unsaturated/α-hetero) is 1. The van der Waals surface area contributed by atoms with Crippen LogP contribution in [0.2, 0.25) is 0 Å². The maximum Gasteiger partial charge on any atom is 0.276 e. The lowest BCUT2D eigenvalue weighted by Gasteiger charge is -2.02. The summed E-state index contributed by atoms with van der Waals surface area (Å²) in [6.45, 7) is 2.81. The molecule has 1 aromatic rings. The van der Waals surface area contributed by atoms with Gasteiger partial charge in [-0.2, -0.15) is 0 Å². The lowest BCUT2D eigenvalue weighted by atomic mass is 10.1. The van der Waals surface area contributed by atoms with E-state index >= 15 is 0 Å². The molecule has 0 atom stereocenters. The molecule has 0 unspecified atom stereocenters. The third-order valence-corrected chi connectivity index (χ3v) is 1.89. The maximum atomic E-state index is 11.0. The Kier molecular flexibility index (Phi) is 2.51. The van der Waals surface area contributed by atoms with Crippen molar-refractivity contribution in [1.29, 1.82) is 0 Å². The topological polar surface area (TPSA) is 80.4 Å². The number of nitro benzene ring substituents is 1. The number of carbonyl (C=O) groups excluding carboxylic acids is 1. The van der Waals surface area contributed by atoms with E-state index in [1.54, 1.807) is 0 Å². The van der Waals surface area contributed by atoms with Gasteiger partial charge in [-0.05, 0) is 19.9 Å². The Morgan fingerprint density at radius 1 is 1.50 bits per heavy atom. The normalized spacial score (nSPS) is 9.86. The molecule has 0 fully saturated rings. The molecule has 5 heteroatoms. The molecule has 0 bridgehead atoms. The molecule has 1 rings (SSSR count). The van der Waals surface area contributed by atoms with Crippen LogP contribution in [0.15, 0.2) is 12.1 Å². The van der Waals surface area contributed by atoms with Crippen molar-refractivity contribution in [1.82, 2.24) is 0 Å². The average molecular weight is 195 g/mol. The molecular formula is C9H9NO4. The molecule has 0 spiro atoms. The second-order valence-electron chi connectivity index (χ2n) is 2.97. The molecule has 0 aliphatic rings. The van der Waals surface area contributed by atoms with Crippen LogP contribution in [0.1, 0.15) is 22.8 Å². The molecule has 0 aliphatic carbocycles. The Morgan fingerprint density at radius 3 is 2.50 bits per heavy atom. The largest absolute Gasteiger partial charge is 0.507 e. The van der Waals surface area contributed by atoms with Crippen LogP contribution < -0.4 is 0 Å². The molecule has 1 aromatic carbocycles.